The Morgan fingerprint density at radius 2 is 2.09 bits per heavy atom. The number of likely N-dealkylation sites (tertiary alicyclic amines) is 1. The molecule has 1 fully saturated rings. The summed E-state index contributed by atoms with van der Waals surface area (Å²) >= 11 is 0. The minimum atomic E-state index is -1.11. The number of nitrogens with zero attached hydrogens (tertiary/aromatic N) is 2. The fourth-order valence-corrected chi connectivity index (χ4v) is 2.79. The van der Waals surface area contributed by atoms with Crippen molar-refractivity contribution in [3.63, 3.8) is 0 Å². The zero-order chi connectivity index (χ0) is 17.8. The Morgan fingerprint density at radius 1 is 1.48 bits per heavy atom. The van der Waals surface area contributed by atoms with Crippen LogP contribution in [0, 0.1) is 0 Å². The Hall–Kier alpha value is -1.83. The molecule has 8 nitrogen and oxygen atoms in total. The van der Waals surface area contributed by atoms with E-state index in [4.69, 9.17) is 10.5 Å². The Bertz CT molecular complexity index is 463. The molecular formula is C15H27N3O5. The van der Waals surface area contributed by atoms with E-state index in [1.165, 1.54) is 0 Å². The van der Waals surface area contributed by atoms with Gasteiger partial charge >= 0.3 is 6.09 Å². The summed E-state index contributed by atoms with van der Waals surface area (Å²) < 4.78 is 5.41. The number of hydrogen-bond donors (Lipinski definition) is 2. The van der Waals surface area contributed by atoms with Gasteiger partial charge in [0.15, 0.2) is 0 Å². The third kappa shape index (κ3) is 4.82. The van der Waals surface area contributed by atoms with E-state index in [0.29, 0.717) is 19.4 Å². The number of hydrogen-bond acceptors (Lipinski definition) is 5. The van der Waals surface area contributed by atoms with Crippen molar-refractivity contribution in [2.45, 2.75) is 57.7 Å². The molecule has 3 N–H and O–H groups in total. The number of aliphatic hydroxyl groups excluding tert-OH is 1. The molecule has 8 heteroatoms. The van der Waals surface area contributed by atoms with Crippen LogP contribution in [0.5, 0.6) is 0 Å². The van der Waals surface area contributed by atoms with Crippen LogP contribution in [-0.2, 0) is 14.3 Å². The molecule has 132 valence electrons. The lowest BCUT2D eigenvalue weighted by atomic mass is 9.97. The van der Waals surface area contributed by atoms with Crippen molar-refractivity contribution in [1.82, 2.24) is 9.80 Å². The second kappa shape index (κ2) is 7.16. The lowest BCUT2D eigenvalue weighted by Crippen LogP contribution is -2.57. The van der Waals surface area contributed by atoms with Crippen LogP contribution in [0.25, 0.3) is 0 Å². The smallest absolute Gasteiger partial charge is 0.410 e. The maximum absolute atomic E-state index is 12.4. The van der Waals surface area contributed by atoms with Crippen molar-refractivity contribution in [2.75, 3.05) is 19.7 Å². The lowest BCUT2D eigenvalue weighted by Gasteiger charge is -2.40. The van der Waals surface area contributed by atoms with Crippen molar-refractivity contribution in [3.8, 4) is 0 Å². The predicted octanol–water partition coefficient (Wildman–Crippen LogP) is 0.0806. The molecular weight excluding hydrogens is 302 g/mol. The van der Waals surface area contributed by atoms with E-state index in [1.807, 2.05) is 6.92 Å². The third-order valence-electron chi connectivity index (χ3n) is 3.92. The standard InChI is InChI=1S/C15H27N3O5/c1-14(2,3)23-13(22)18-7-5-6-15(18,4)9-17(10-20)11(8-19)12(16)21/h10-11,19H,5-9H2,1-4H3,(H2,16,21)/t11-,15?/m0/s1. The van der Waals surface area contributed by atoms with Crippen LogP contribution in [0.15, 0.2) is 0 Å². The van der Waals surface area contributed by atoms with E-state index in [2.05, 4.69) is 0 Å². The van der Waals surface area contributed by atoms with Gasteiger partial charge in [0.25, 0.3) is 0 Å². The highest BCUT2D eigenvalue weighted by Crippen LogP contribution is 2.31. The fourth-order valence-electron chi connectivity index (χ4n) is 2.79. The first-order valence-electron chi connectivity index (χ1n) is 7.66. The molecule has 1 heterocycles. The van der Waals surface area contributed by atoms with Gasteiger partial charge in [-0.3, -0.25) is 9.59 Å². The second-order valence-electron chi connectivity index (χ2n) is 7.11. The van der Waals surface area contributed by atoms with Crippen LogP contribution in [0.3, 0.4) is 0 Å². The molecule has 23 heavy (non-hydrogen) atoms. The highest BCUT2D eigenvalue weighted by atomic mass is 16.6. The number of carbonyl (C=O) groups is 3. The van der Waals surface area contributed by atoms with Crippen LogP contribution in [0.2, 0.25) is 0 Å². The monoisotopic (exact) mass is 329 g/mol. The van der Waals surface area contributed by atoms with Gasteiger partial charge in [-0.05, 0) is 40.5 Å². The van der Waals surface area contributed by atoms with Gasteiger partial charge in [0, 0.05) is 13.1 Å². The van der Waals surface area contributed by atoms with E-state index in [-0.39, 0.29) is 6.54 Å². The number of nitrogens with two attached hydrogens (primary N) is 1. The first-order valence-corrected chi connectivity index (χ1v) is 7.66. The number of ether oxygens (including phenoxy) is 1. The molecule has 2 atom stereocenters. The lowest BCUT2D eigenvalue weighted by molar-refractivity contribution is -0.134. The molecule has 0 aliphatic carbocycles. The summed E-state index contributed by atoms with van der Waals surface area (Å²) in [5.41, 5.74) is 3.92. The van der Waals surface area contributed by atoms with Crippen molar-refractivity contribution < 1.29 is 24.2 Å². The van der Waals surface area contributed by atoms with Crippen LogP contribution in [0.4, 0.5) is 4.79 Å². The summed E-state index contributed by atoms with van der Waals surface area (Å²) in [6.07, 6.45) is 1.45. The predicted molar refractivity (Wildman–Crippen MR) is 83.4 cm³/mol. The molecule has 1 unspecified atom stereocenters. The minimum Gasteiger partial charge on any atom is -0.444 e. The van der Waals surface area contributed by atoms with Crippen molar-refractivity contribution >= 4 is 18.4 Å². The average molecular weight is 329 g/mol. The summed E-state index contributed by atoms with van der Waals surface area (Å²) in [5.74, 6) is -0.787. The molecule has 0 radical (unpaired) electrons. The molecule has 0 spiro atoms. The molecule has 0 aromatic rings. The first kappa shape index (κ1) is 19.2. The summed E-state index contributed by atoms with van der Waals surface area (Å²) in [6.45, 7) is 7.23. The highest BCUT2D eigenvalue weighted by Gasteiger charge is 2.43. The Labute approximate surface area is 136 Å². The third-order valence-corrected chi connectivity index (χ3v) is 3.92. The number of amides is 3. The summed E-state index contributed by atoms with van der Waals surface area (Å²) in [5, 5.41) is 9.28. The van der Waals surface area contributed by atoms with E-state index in [9.17, 15) is 19.5 Å². The quantitative estimate of drug-likeness (QED) is 0.670. The van der Waals surface area contributed by atoms with Gasteiger partial charge in [0.2, 0.25) is 12.3 Å². The number of primary amides is 1. The molecule has 0 saturated carbocycles. The largest absolute Gasteiger partial charge is 0.444 e. The molecule has 0 aromatic carbocycles. The molecule has 1 aliphatic rings. The summed E-state index contributed by atoms with van der Waals surface area (Å²) in [7, 11) is 0. The van der Waals surface area contributed by atoms with Crippen LogP contribution in [0.1, 0.15) is 40.5 Å². The molecule has 3 amide bonds. The number of carbonyl (C=O) groups excluding carboxylic acids is 3. The van der Waals surface area contributed by atoms with Gasteiger partial charge in [0.1, 0.15) is 11.6 Å². The van der Waals surface area contributed by atoms with E-state index in [0.717, 1.165) is 11.3 Å². The van der Waals surface area contributed by atoms with Gasteiger partial charge in [-0.1, -0.05) is 0 Å². The Morgan fingerprint density at radius 3 is 2.52 bits per heavy atom. The Kier molecular flexibility index (Phi) is 5.98. The molecule has 1 rings (SSSR count). The highest BCUT2D eigenvalue weighted by molar-refractivity contribution is 5.82. The van der Waals surface area contributed by atoms with Crippen LogP contribution < -0.4 is 5.73 Å². The number of aliphatic hydroxyl groups is 1. The average Bonchev–Trinajstić information content (AvgIpc) is 2.78. The van der Waals surface area contributed by atoms with Gasteiger partial charge in [-0.25, -0.2) is 4.79 Å². The number of rotatable bonds is 6. The van der Waals surface area contributed by atoms with E-state index < -0.39 is 35.8 Å². The maximum Gasteiger partial charge on any atom is 0.410 e. The van der Waals surface area contributed by atoms with Crippen molar-refractivity contribution in [1.29, 1.82) is 0 Å². The normalized spacial score (nSPS) is 22.6. The second-order valence-corrected chi connectivity index (χ2v) is 7.11. The van der Waals surface area contributed by atoms with Crippen LogP contribution in [-0.4, -0.2) is 70.2 Å². The van der Waals surface area contributed by atoms with Crippen LogP contribution >= 0.6 is 0 Å². The minimum absolute atomic E-state index is 0.101. The van der Waals surface area contributed by atoms with Crippen molar-refractivity contribution in [3.05, 3.63) is 0 Å². The van der Waals surface area contributed by atoms with Crippen molar-refractivity contribution in [2.24, 2.45) is 5.73 Å². The topological polar surface area (TPSA) is 113 Å². The van der Waals surface area contributed by atoms with Gasteiger partial charge < -0.3 is 25.4 Å². The van der Waals surface area contributed by atoms with E-state index in [1.54, 1.807) is 25.7 Å². The Balaban J connectivity index is 2.92. The molecule has 0 bridgehead atoms. The fraction of sp³-hybridized carbons (Fsp3) is 0.800. The van der Waals surface area contributed by atoms with Gasteiger partial charge in [-0.15, -0.1) is 0 Å². The SMILES string of the molecule is CC(C)(C)OC(=O)N1CCCC1(C)CN(C=O)[C@@H](CO)C(N)=O. The molecule has 0 aromatic heterocycles. The zero-order valence-corrected chi connectivity index (χ0v) is 14.2. The maximum atomic E-state index is 12.4. The molecule has 1 saturated heterocycles. The zero-order valence-electron chi connectivity index (χ0n) is 14.2. The van der Waals surface area contributed by atoms with Gasteiger partial charge in [0.05, 0.1) is 12.1 Å². The van der Waals surface area contributed by atoms with E-state index >= 15 is 0 Å². The first-order chi connectivity index (χ1) is 10.5. The van der Waals surface area contributed by atoms with Gasteiger partial charge in [-0.2, -0.15) is 0 Å². The summed E-state index contributed by atoms with van der Waals surface area (Å²) in [4.78, 5) is 37.8. The summed E-state index contributed by atoms with van der Waals surface area (Å²) in [6, 6.07) is -1.11. The molecule has 1 aliphatic heterocycles.